The fourth-order valence-electron chi connectivity index (χ4n) is 2.00. The molecule has 10 heteroatoms. The molecular weight excluding hydrogens is 335 g/mol. The Bertz CT molecular complexity index is 528. The van der Waals surface area contributed by atoms with Gasteiger partial charge in [0, 0.05) is 5.56 Å². The van der Waals surface area contributed by atoms with Gasteiger partial charge in [-0.05, 0) is 13.0 Å². The number of alkyl halides is 6. The van der Waals surface area contributed by atoms with Crippen LogP contribution >= 0.6 is 0 Å². The second-order valence-electron chi connectivity index (χ2n) is 5.10. The van der Waals surface area contributed by atoms with Gasteiger partial charge in [0.05, 0.1) is 5.54 Å². The van der Waals surface area contributed by atoms with Crippen molar-refractivity contribution in [3.05, 3.63) is 35.6 Å². The van der Waals surface area contributed by atoms with Crippen molar-refractivity contribution >= 4 is 0 Å². The van der Waals surface area contributed by atoms with Gasteiger partial charge in [-0.1, -0.05) is 18.2 Å². The lowest BCUT2D eigenvalue weighted by Gasteiger charge is -2.38. The second-order valence-corrected chi connectivity index (χ2v) is 5.10. The van der Waals surface area contributed by atoms with E-state index in [0.29, 0.717) is 0 Å². The lowest BCUT2D eigenvalue weighted by Crippen LogP contribution is -2.57. The number of nitrogens with two attached hydrogens (primary N) is 1. The van der Waals surface area contributed by atoms with Crippen molar-refractivity contribution in [3.8, 4) is 0 Å². The standard InChI is InChI=1S/C13H14F7NO2/c1-11(21,7-4-2-3-5-8(7)14)10(9(22)13(18,19)20)23-6-12(15,16)17/h2-5,9-10,22H,6,21H2,1H3/t9-,10-,11+/m0/s1. The molecule has 0 aliphatic carbocycles. The number of ether oxygens (including phenoxy) is 1. The summed E-state index contributed by atoms with van der Waals surface area (Å²) in [6, 6.07) is 4.34. The maximum absolute atomic E-state index is 13.8. The van der Waals surface area contributed by atoms with Crippen LogP contribution in [-0.2, 0) is 10.3 Å². The molecule has 0 aliphatic rings. The summed E-state index contributed by atoms with van der Waals surface area (Å²) in [7, 11) is 0. The largest absolute Gasteiger partial charge is 0.417 e. The molecule has 0 bridgehead atoms. The summed E-state index contributed by atoms with van der Waals surface area (Å²) in [6.07, 6.45) is -16.2. The molecule has 0 heterocycles. The first kappa shape index (κ1) is 19.7. The van der Waals surface area contributed by atoms with Gasteiger partial charge in [-0.25, -0.2) is 4.39 Å². The number of hydrogen-bond donors (Lipinski definition) is 2. The molecule has 0 amide bonds. The van der Waals surface area contributed by atoms with Gasteiger partial charge in [0.15, 0.2) is 6.10 Å². The average Bonchev–Trinajstić information content (AvgIpc) is 2.36. The molecular formula is C13H14F7NO2. The molecule has 0 aliphatic heterocycles. The van der Waals surface area contributed by atoms with E-state index in [1.165, 1.54) is 12.1 Å². The van der Waals surface area contributed by atoms with Crippen LogP contribution in [0.25, 0.3) is 0 Å². The third-order valence-corrected chi connectivity index (χ3v) is 3.09. The Kier molecular flexibility index (Phi) is 5.65. The molecule has 1 rings (SSSR count). The summed E-state index contributed by atoms with van der Waals surface area (Å²) >= 11 is 0. The van der Waals surface area contributed by atoms with Crippen LogP contribution in [0.2, 0.25) is 0 Å². The van der Waals surface area contributed by atoms with Crippen molar-refractivity contribution in [1.82, 2.24) is 0 Å². The van der Waals surface area contributed by atoms with Crippen LogP contribution in [0.4, 0.5) is 30.7 Å². The Labute approximate surface area is 126 Å². The predicted octanol–water partition coefficient (Wildman–Crippen LogP) is 2.87. The molecule has 1 aromatic rings. The van der Waals surface area contributed by atoms with Crippen LogP contribution < -0.4 is 5.73 Å². The van der Waals surface area contributed by atoms with Crippen LogP contribution in [0, 0.1) is 5.82 Å². The van der Waals surface area contributed by atoms with Crippen LogP contribution in [0.15, 0.2) is 24.3 Å². The quantitative estimate of drug-likeness (QED) is 0.804. The van der Waals surface area contributed by atoms with E-state index in [-0.39, 0.29) is 0 Å². The Morgan fingerprint density at radius 3 is 2.09 bits per heavy atom. The molecule has 0 saturated heterocycles. The number of aliphatic hydroxyl groups is 1. The number of halogens is 7. The minimum atomic E-state index is -5.30. The molecule has 3 nitrogen and oxygen atoms in total. The van der Waals surface area contributed by atoms with Gasteiger partial charge in [0.25, 0.3) is 0 Å². The maximum atomic E-state index is 13.8. The SMILES string of the molecule is C[C@@](N)(c1ccccc1F)[C@@H](OCC(F)(F)F)[C@H](O)C(F)(F)F. The predicted molar refractivity (Wildman–Crippen MR) is 65.8 cm³/mol. The number of hydrogen-bond acceptors (Lipinski definition) is 3. The first-order chi connectivity index (χ1) is 10.3. The number of benzene rings is 1. The smallest absolute Gasteiger partial charge is 0.381 e. The highest BCUT2D eigenvalue weighted by molar-refractivity contribution is 5.27. The lowest BCUT2D eigenvalue weighted by molar-refractivity contribution is -0.265. The first-order valence-corrected chi connectivity index (χ1v) is 6.24. The fraction of sp³-hybridized carbons (Fsp3) is 0.538. The summed E-state index contributed by atoms with van der Waals surface area (Å²) in [5, 5.41) is 9.31. The van der Waals surface area contributed by atoms with E-state index in [2.05, 4.69) is 4.74 Å². The van der Waals surface area contributed by atoms with Crippen molar-refractivity contribution in [2.75, 3.05) is 6.61 Å². The second kappa shape index (κ2) is 6.62. The highest BCUT2D eigenvalue weighted by Gasteiger charge is 2.52. The van der Waals surface area contributed by atoms with E-state index in [9.17, 15) is 35.8 Å². The molecule has 0 spiro atoms. The summed E-state index contributed by atoms with van der Waals surface area (Å²) in [5.74, 6) is -1.03. The van der Waals surface area contributed by atoms with E-state index in [1.54, 1.807) is 0 Å². The summed E-state index contributed by atoms with van der Waals surface area (Å²) in [6.45, 7) is -1.23. The normalized spacial score (nSPS) is 18.3. The lowest BCUT2D eigenvalue weighted by atomic mass is 9.84. The Balaban J connectivity index is 3.24. The van der Waals surface area contributed by atoms with Crippen LogP contribution in [0.3, 0.4) is 0 Å². The summed E-state index contributed by atoms with van der Waals surface area (Å²) in [4.78, 5) is 0. The third kappa shape index (κ3) is 5.05. The molecule has 0 aromatic heterocycles. The van der Waals surface area contributed by atoms with E-state index in [4.69, 9.17) is 5.73 Å². The Hall–Kier alpha value is -1.39. The van der Waals surface area contributed by atoms with Crippen molar-refractivity contribution < 1.29 is 40.6 Å². The molecule has 3 N–H and O–H groups in total. The van der Waals surface area contributed by atoms with Gasteiger partial charge in [0.1, 0.15) is 18.5 Å². The third-order valence-electron chi connectivity index (χ3n) is 3.09. The Morgan fingerprint density at radius 1 is 1.13 bits per heavy atom. The average molecular weight is 349 g/mol. The summed E-state index contributed by atoms with van der Waals surface area (Å²) < 4.78 is 92.8. The monoisotopic (exact) mass is 349 g/mol. The molecule has 23 heavy (non-hydrogen) atoms. The summed E-state index contributed by atoms with van der Waals surface area (Å²) in [5.41, 5.74) is 2.73. The molecule has 0 unspecified atom stereocenters. The minimum absolute atomic E-state index is 0.518. The van der Waals surface area contributed by atoms with Gasteiger partial charge < -0.3 is 15.6 Å². The van der Waals surface area contributed by atoms with E-state index < -0.39 is 48.1 Å². The van der Waals surface area contributed by atoms with Gasteiger partial charge in [-0.2, -0.15) is 26.3 Å². The topological polar surface area (TPSA) is 55.5 Å². The molecule has 0 fully saturated rings. The Morgan fingerprint density at radius 2 is 1.65 bits per heavy atom. The van der Waals surface area contributed by atoms with E-state index in [1.807, 2.05) is 0 Å². The molecule has 0 radical (unpaired) electrons. The van der Waals surface area contributed by atoms with Crippen molar-refractivity contribution in [2.45, 2.75) is 37.0 Å². The number of rotatable bonds is 5. The van der Waals surface area contributed by atoms with Gasteiger partial charge in [-0.15, -0.1) is 0 Å². The fourth-order valence-corrected chi connectivity index (χ4v) is 2.00. The van der Waals surface area contributed by atoms with Crippen molar-refractivity contribution in [2.24, 2.45) is 5.73 Å². The molecule has 1 aromatic carbocycles. The van der Waals surface area contributed by atoms with Gasteiger partial charge in [0.2, 0.25) is 0 Å². The first-order valence-electron chi connectivity index (χ1n) is 6.24. The van der Waals surface area contributed by atoms with Gasteiger partial charge in [-0.3, -0.25) is 0 Å². The zero-order chi connectivity index (χ0) is 18.1. The van der Waals surface area contributed by atoms with E-state index >= 15 is 0 Å². The molecule has 0 saturated carbocycles. The van der Waals surface area contributed by atoms with Crippen LogP contribution in [0.5, 0.6) is 0 Å². The zero-order valence-corrected chi connectivity index (χ0v) is 11.7. The van der Waals surface area contributed by atoms with Crippen molar-refractivity contribution in [3.63, 3.8) is 0 Å². The zero-order valence-electron chi connectivity index (χ0n) is 11.7. The minimum Gasteiger partial charge on any atom is -0.381 e. The number of aliphatic hydroxyl groups excluding tert-OH is 1. The molecule has 3 atom stereocenters. The highest BCUT2D eigenvalue weighted by atomic mass is 19.4. The van der Waals surface area contributed by atoms with Crippen molar-refractivity contribution in [1.29, 1.82) is 0 Å². The van der Waals surface area contributed by atoms with E-state index in [0.717, 1.165) is 19.1 Å². The highest BCUT2D eigenvalue weighted by Crippen LogP contribution is 2.35. The molecule has 132 valence electrons. The van der Waals surface area contributed by atoms with Crippen LogP contribution in [0.1, 0.15) is 12.5 Å². The van der Waals surface area contributed by atoms with Gasteiger partial charge >= 0.3 is 12.4 Å². The maximum Gasteiger partial charge on any atom is 0.417 e. The van der Waals surface area contributed by atoms with Crippen LogP contribution in [-0.4, -0.2) is 36.3 Å².